The molecule has 2 heterocycles. The van der Waals surface area contributed by atoms with Crippen molar-refractivity contribution in [2.75, 3.05) is 6.54 Å². The lowest BCUT2D eigenvalue weighted by Crippen LogP contribution is -2.35. The Balaban J connectivity index is 1.49. The molecule has 3 aromatic carbocycles. The van der Waals surface area contributed by atoms with Gasteiger partial charge in [0, 0.05) is 24.2 Å². The number of fused-ring (bicyclic) bond motifs is 2. The van der Waals surface area contributed by atoms with E-state index in [1.807, 2.05) is 53.4 Å². The van der Waals surface area contributed by atoms with E-state index in [9.17, 15) is 4.79 Å². The standard InChI is InChI=1S/C24H20N2O2/c1-16-6-8-18(9-7-16)23-21-14-19(10-11-22(21)25-28-23)24(27)26-13-12-17-4-2-3-5-20(17)15-26/h2-11,14H,12-13,15H2,1H3. The van der Waals surface area contributed by atoms with Gasteiger partial charge in [-0.25, -0.2) is 0 Å². The predicted molar refractivity (Wildman–Crippen MR) is 109 cm³/mol. The number of carbonyl (C=O) groups is 1. The Morgan fingerprint density at radius 2 is 1.79 bits per heavy atom. The van der Waals surface area contributed by atoms with Gasteiger partial charge in [-0.1, -0.05) is 59.3 Å². The number of aromatic nitrogens is 1. The van der Waals surface area contributed by atoms with Gasteiger partial charge in [-0.3, -0.25) is 4.79 Å². The molecule has 4 heteroatoms. The van der Waals surface area contributed by atoms with Gasteiger partial charge in [0.1, 0.15) is 5.52 Å². The SMILES string of the molecule is Cc1ccc(-c2onc3ccc(C(=O)N4CCc5ccccc5C4)cc23)cc1. The van der Waals surface area contributed by atoms with Crippen molar-refractivity contribution in [3.05, 3.63) is 89.0 Å². The van der Waals surface area contributed by atoms with Gasteiger partial charge in [0.2, 0.25) is 0 Å². The van der Waals surface area contributed by atoms with E-state index in [4.69, 9.17) is 4.52 Å². The predicted octanol–water partition coefficient (Wildman–Crippen LogP) is 5.00. The van der Waals surface area contributed by atoms with Crippen molar-refractivity contribution in [3.63, 3.8) is 0 Å². The van der Waals surface area contributed by atoms with E-state index >= 15 is 0 Å². The van der Waals surface area contributed by atoms with Crippen LogP contribution in [0, 0.1) is 6.92 Å². The minimum absolute atomic E-state index is 0.0486. The number of benzene rings is 3. The molecule has 4 nitrogen and oxygen atoms in total. The summed E-state index contributed by atoms with van der Waals surface area (Å²) in [5.41, 5.74) is 6.15. The molecule has 28 heavy (non-hydrogen) atoms. The first-order valence-electron chi connectivity index (χ1n) is 9.51. The lowest BCUT2D eigenvalue weighted by molar-refractivity contribution is 0.0735. The maximum absolute atomic E-state index is 13.1. The lowest BCUT2D eigenvalue weighted by atomic mass is 9.99. The Bertz CT molecular complexity index is 1170. The Morgan fingerprint density at radius 1 is 1.00 bits per heavy atom. The van der Waals surface area contributed by atoms with E-state index in [1.165, 1.54) is 16.7 Å². The van der Waals surface area contributed by atoms with Crippen molar-refractivity contribution < 1.29 is 9.32 Å². The summed E-state index contributed by atoms with van der Waals surface area (Å²) in [6.45, 7) is 3.44. The monoisotopic (exact) mass is 368 g/mol. The molecule has 0 atom stereocenters. The summed E-state index contributed by atoms with van der Waals surface area (Å²) in [5, 5.41) is 5.03. The van der Waals surface area contributed by atoms with Gasteiger partial charge in [0.05, 0.1) is 5.39 Å². The van der Waals surface area contributed by atoms with Gasteiger partial charge in [-0.15, -0.1) is 0 Å². The molecule has 4 aromatic rings. The van der Waals surface area contributed by atoms with Gasteiger partial charge >= 0.3 is 0 Å². The van der Waals surface area contributed by atoms with Gasteiger partial charge in [-0.05, 0) is 42.7 Å². The van der Waals surface area contributed by atoms with Crippen LogP contribution in [0.3, 0.4) is 0 Å². The molecular weight excluding hydrogens is 348 g/mol. The molecule has 0 bridgehead atoms. The first kappa shape index (κ1) is 16.8. The first-order valence-corrected chi connectivity index (χ1v) is 9.51. The summed E-state index contributed by atoms with van der Waals surface area (Å²) in [6.07, 6.45) is 0.895. The zero-order valence-electron chi connectivity index (χ0n) is 15.7. The summed E-state index contributed by atoms with van der Waals surface area (Å²) in [4.78, 5) is 15.1. The molecule has 0 spiro atoms. The van der Waals surface area contributed by atoms with E-state index in [0.717, 1.165) is 29.4 Å². The quantitative estimate of drug-likeness (QED) is 0.500. The second-order valence-electron chi connectivity index (χ2n) is 7.36. The van der Waals surface area contributed by atoms with Gasteiger partial charge < -0.3 is 9.42 Å². The molecular formula is C24H20N2O2. The highest BCUT2D eigenvalue weighted by molar-refractivity contribution is 6.01. The van der Waals surface area contributed by atoms with Crippen molar-refractivity contribution in [2.45, 2.75) is 19.9 Å². The molecule has 0 unspecified atom stereocenters. The minimum atomic E-state index is 0.0486. The van der Waals surface area contributed by atoms with Crippen LogP contribution < -0.4 is 0 Å². The maximum atomic E-state index is 13.1. The smallest absolute Gasteiger partial charge is 0.254 e. The van der Waals surface area contributed by atoms with Crippen LogP contribution in [0.25, 0.3) is 22.2 Å². The van der Waals surface area contributed by atoms with E-state index in [1.54, 1.807) is 0 Å². The van der Waals surface area contributed by atoms with Crippen LogP contribution in [0.2, 0.25) is 0 Å². The second-order valence-corrected chi connectivity index (χ2v) is 7.36. The molecule has 5 rings (SSSR count). The average Bonchev–Trinajstić information content (AvgIpc) is 3.16. The number of nitrogens with zero attached hydrogens (tertiary/aromatic N) is 2. The van der Waals surface area contributed by atoms with E-state index in [0.29, 0.717) is 17.9 Å². The summed E-state index contributed by atoms with van der Waals surface area (Å²) < 4.78 is 5.59. The first-order chi connectivity index (χ1) is 13.7. The van der Waals surface area contributed by atoms with Crippen LogP contribution in [0.4, 0.5) is 0 Å². The average molecular weight is 368 g/mol. The molecule has 0 N–H and O–H groups in total. The molecule has 0 saturated heterocycles. The van der Waals surface area contributed by atoms with Gasteiger partial charge in [-0.2, -0.15) is 0 Å². The number of aryl methyl sites for hydroxylation is 1. The lowest BCUT2D eigenvalue weighted by Gasteiger charge is -2.29. The molecule has 1 aliphatic rings. The molecule has 0 fully saturated rings. The molecule has 1 aliphatic heterocycles. The second kappa shape index (κ2) is 6.64. The Kier molecular flexibility index (Phi) is 3.97. The zero-order chi connectivity index (χ0) is 19.1. The van der Waals surface area contributed by atoms with Crippen LogP contribution in [0.5, 0.6) is 0 Å². The third kappa shape index (κ3) is 2.87. The Hall–Kier alpha value is -3.40. The Morgan fingerprint density at radius 3 is 2.61 bits per heavy atom. The number of rotatable bonds is 2. The fraction of sp³-hybridized carbons (Fsp3) is 0.167. The largest absolute Gasteiger partial charge is 0.355 e. The summed E-state index contributed by atoms with van der Waals surface area (Å²) >= 11 is 0. The van der Waals surface area contributed by atoms with Gasteiger partial charge in [0.25, 0.3) is 5.91 Å². The topological polar surface area (TPSA) is 46.3 Å². The molecule has 0 radical (unpaired) electrons. The fourth-order valence-corrected chi connectivity index (χ4v) is 3.84. The van der Waals surface area contributed by atoms with E-state index < -0.39 is 0 Å². The summed E-state index contributed by atoms with van der Waals surface area (Å²) in [7, 11) is 0. The van der Waals surface area contributed by atoms with Gasteiger partial charge in [0.15, 0.2) is 5.76 Å². The number of hydrogen-bond acceptors (Lipinski definition) is 3. The van der Waals surface area contributed by atoms with Crippen LogP contribution in [0.1, 0.15) is 27.0 Å². The minimum Gasteiger partial charge on any atom is -0.355 e. The van der Waals surface area contributed by atoms with Crippen LogP contribution in [0.15, 0.2) is 71.3 Å². The highest BCUT2D eigenvalue weighted by Crippen LogP contribution is 2.30. The van der Waals surface area contributed by atoms with Crippen molar-refractivity contribution in [2.24, 2.45) is 0 Å². The van der Waals surface area contributed by atoms with E-state index in [-0.39, 0.29) is 5.91 Å². The Labute approximate surface area is 163 Å². The third-order valence-electron chi connectivity index (χ3n) is 5.46. The number of amides is 1. The number of hydrogen-bond donors (Lipinski definition) is 0. The summed E-state index contributed by atoms with van der Waals surface area (Å²) in [6, 6.07) is 22.1. The molecule has 1 aromatic heterocycles. The van der Waals surface area contributed by atoms with Crippen molar-refractivity contribution in [1.82, 2.24) is 10.1 Å². The molecule has 138 valence electrons. The normalized spacial score (nSPS) is 13.5. The van der Waals surface area contributed by atoms with Crippen molar-refractivity contribution >= 4 is 16.8 Å². The number of carbonyl (C=O) groups excluding carboxylic acids is 1. The maximum Gasteiger partial charge on any atom is 0.254 e. The zero-order valence-corrected chi connectivity index (χ0v) is 15.7. The molecule has 1 amide bonds. The molecule has 0 aliphatic carbocycles. The van der Waals surface area contributed by atoms with Crippen molar-refractivity contribution in [1.29, 1.82) is 0 Å². The van der Waals surface area contributed by atoms with Crippen molar-refractivity contribution in [3.8, 4) is 11.3 Å². The van der Waals surface area contributed by atoms with Crippen LogP contribution >= 0.6 is 0 Å². The third-order valence-corrected chi connectivity index (χ3v) is 5.46. The highest BCUT2D eigenvalue weighted by atomic mass is 16.5. The van der Waals surface area contributed by atoms with E-state index in [2.05, 4.69) is 30.3 Å². The molecule has 0 saturated carbocycles. The summed E-state index contributed by atoms with van der Waals surface area (Å²) in [5.74, 6) is 0.751. The van der Waals surface area contributed by atoms with Crippen LogP contribution in [-0.2, 0) is 13.0 Å². The highest BCUT2D eigenvalue weighted by Gasteiger charge is 2.22. The van der Waals surface area contributed by atoms with Crippen LogP contribution in [-0.4, -0.2) is 22.5 Å². The fourth-order valence-electron chi connectivity index (χ4n) is 3.84.